The van der Waals surface area contributed by atoms with E-state index in [1.54, 1.807) is 6.08 Å². The van der Waals surface area contributed by atoms with Crippen LogP contribution in [-0.4, -0.2) is 20.3 Å². The summed E-state index contributed by atoms with van der Waals surface area (Å²) in [6, 6.07) is 1.50. The van der Waals surface area contributed by atoms with Gasteiger partial charge in [0.15, 0.2) is 11.5 Å². The Labute approximate surface area is 125 Å². The molecule has 1 fully saturated rings. The van der Waals surface area contributed by atoms with Crippen LogP contribution in [0.1, 0.15) is 31.2 Å². The van der Waals surface area contributed by atoms with Gasteiger partial charge in [-0.05, 0) is 28.8 Å². The van der Waals surface area contributed by atoms with Gasteiger partial charge < -0.3 is 9.47 Å². The standard InChI is InChI=1S/C14H15BrFNO3/c1-19-10-7-9(15)12(16)11(13(10)20-2)14(17-8-18)5-3-4-6-14/h7H,3-6H2,1-2H3. The number of isocyanates is 1. The molecule has 0 aromatic heterocycles. The Morgan fingerprint density at radius 3 is 2.50 bits per heavy atom. The van der Waals surface area contributed by atoms with E-state index in [4.69, 9.17) is 9.47 Å². The van der Waals surface area contributed by atoms with E-state index >= 15 is 0 Å². The zero-order valence-electron chi connectivity index (χ0n) is 11.3. The van der Waals surface area contributed by atoms with Gasteiger partial charge in [0, 0.05) is 6.07 Å². The summed E-state index contributed by atoms with van der Waals surface area (Å²) in [5.74, 6) is 0.223. The van der Waals surface area contributed by atoms with E-state index < -0.39 is 11.4 Å². The molecule has 0 aliphatic heterocycles. The Morgan fingerprint density at radius 1 is 1.35 bits per heavy atom. The lowest BCUT2D eigenvalue weighted by atomic mass is 9.87. The van der Waals surface area contributed by atoms with Crippen molar-refractivity contribution in [2.75, 3.05) is 14.2 Å². The molecule has 6 heteroatoms. The number of aliphatic imine (C=N–C) groups is 1. The van der Waals surface area contributed by atoms with Crippen molar-refractivity contribution in [3.8, 4) is 11.5 Å². The zero-order chi connectivity index (χ0) is 14.8. The van der Waals surface area contributed by atoms with Gasteiger partial charge in [-0.3, -0.25) is 0 Å². The van der Waals surface area contributed by atoms with Crippen LogP contribution in [0.5, 0.6) is 11.5 Å². The topological polar surface area (TPSA) is 47.9 Å². The van der Waals surface area contributed by atoms with Gasteiger partial charge in [0.25, 0.3) is 0 Å². The highest BCUT2D eigenvalue weighted by molar-refractivity contribution is 9.10. The van der Waals surface area contributed by atoms with E-state index in [2.05, 4.69) is 20.9 Å². The van der Waals surface area contributed by atoms with Gasteiger partial charge in [0.05, 0.1) is 24.3 Å². The maximum atomic E-state index is 14.6. The minimum absolute atomic E-state index is 0.262. The second-order valence-corrected chi connectivity index (χ2v) is 5.58. The fraction of sp³-hybridized carbons (Fsp3) is 0.500. The van der Waals surface area contributed by atoms with Crippen LogP contribution in [0.2, 0.25) is 0 Å². The first-order valence-electron chi connectivity index (χ1n) is 6.29. The molecule has 0 atom stereocenters. The quantitative estimate of drug-likeness (QED) is 0.618. The van der Waals surface area contributed by atoms with Crippen molar-refractivity contribution in [3.05, 3.63) is 21.9 Å². The number of rotatable bonds is 4. The van der Waals surface area contributed by atoms with Gasteiger partial charge in [-0.2, -0.15) is 4.99 Å². The Balaban J connectivity index is 2.76. The highest BCUT2D eigenvalue weighted by atomic mass is 79.9. The molecule has 1 aromatic rings. The SMILES string of the molecule is COc1cc(Br)c(F)c(C2(N=C=O)CCCC2)c1OC. The lowest BCUT2D eigenvalue weighted by Gasteiger charge is -2.27. The Kier molecular flexibility index (Phi) is 4.45. The molecule has 1 aliphatic rings. The van der Waals surface area contributed by atoms with Gasteiger partial charge in [0.2, 0.25) is 6.08 Å². The van der Waals surface area contributed by atoms with Crippen LogP contribution < -0.4 is 9.47 Å². The third-order valence-corrected chi connectivity index (χ3v) is 4.29. The van der Waals surface area contributed by atoms with E-state index in [-0.39, 0.29) is 15.8 Å². The van der Waals surface area contributed by atoms with Crippen LogP contribution in [0.3, 0.4) is 0 Å². The summed E-state index contributed by atoms with van der Waals surface area (Å²) in [4.78, 5) is 14.7. The highest BCUT2D eigenvalue weighted by Gasteiger charge is 2.42. The summed E-state index contributed by atoms with van der Waals surface area (Å²) in [5.41, 5.74) is -0.638. The van der Waals surface area contributed by atoms with Crippen molar-refractivity contribution < 1.29 is 18.7 Å². The lowest BCUT2D eigenvalue weighted by molar-refractivity contribution is 0.328. The van der Waals surface area contributed by atoms with Crippen LogP contribution in [0.4, 0.5) is 4.39 Å². The van der Waals surface area contributed by atoms with E-state index in [9.17, 15) is 9.18 Å². The molecule has 0 amide bonds. The van der Waals surface area contributed by atoms with Crippen molar-refractivity contribution in [2.24, 2.45) is 4.99 Å². The van der Waals surface area contributed by atoms with Gasteiger partial charge in [0.1, 0.15) is 11.4 Å². The Bertz CT molecular complexity index is 564. The maximum absolute atomic E-state index is 14.6. The molecule has 2 rings (SSSR count). The molecule has 0 bridgehead atoms. The van der Waals surface area contributed by atoms with Crippen LogP contribution >= 0.6 is 15.9 Å². The minimum atomic E-state index is -0.908. The molecular weight excluding hydrogens is 329 g/mol. The fourth-order valence-electron chi connectivity index (χ4n) is 2.82. The average molecular weight is 344 g/mol. The number of methoxy groups -OCH3 is 2. The molecule has 0 saturated heterocycles. The Morgan fingerprint density at radius 2 is 2.00 bits per heavy atom. The maximum Gasteiger partial charge on any atom is 0.235 e. The molecule has 4 nitrogen and oxygen atoms in total. The number of hydrogen-bond acceptors (Lipinski definition) is 4. The van der Waals surface area contributed by atoms with E-state index in [1.165, 1.54) is 20.3 Å². The monoisotopic (exact) mass is 343 g/mol. The summed E-state index contributed by atoms with van der Waals surface area (Å²) in [6.07, 6.45) is 4.52. The second kappa shape index (κ2) is 5.94. The number of nitrogens with zero attached hydrogens (tertiary/aromatic N) is 1. The van der Waals surface area contributed by atoms with Crippen molar-refractivity contribution in [2.45, 2.75) is 31.2 Å². The zero-order valence-corrected chi connectivity index (χ0v) is 12.9. The number of halogens is 2. The van der Waals surface area contributed by atoms with Gasteiger partial charge in [-0.15, -0.1) is 0 Å². The number of carbonyl (C=O) groups excluding carboxylic acids is 1. The van der Waals surface area contributed by atoms with Gasteiger partial charge >= 0.3 is 0 Å². The molecular formula is C14H15BrFNO3. The van der Waals surface area contributed by atoms with Crippen molar-refractivity contribution in [1.82, 2.24) is 0 Å². The molecule has 1 aliphatic carbocycles. The fourth-order valence-corrected chi connectivity index (χ4v) is 3.23. The number of ether oxygens (including phenoxy) is 2. The van der Waals surface area contributed by atoms with Gasteiger partial charge in [-0.25, -0.2) is 9.18 Å². The van der Waals surface area contributed by atoms with Crippen LogP contribution in [0.15, 0.2) is 15.5 Å². The Hall–Kier alpha value is -1.39. The van der Waals surface area contributed by atoms with Crippen LogP contribution in [0, 0.1) is 5.82 Å². The summed E-state index contributed by atoms with van der Waals surface area (Å²) >= 11 is 3.17. The predicted molar refractivity (Wildman–Crippen MR) is 75.5 cm³/mol. The number of benzene rings is 1. The summed E-state index contributed by atoms with van der Waals surface area (Å²) in [5, 5.41) is 0. The molecule has 0 heterocycles. The second-order valence-electron chi connectivity index (χ2n) is 4.72. The smallest absolute Gasteiger partial charge is 0.235 e. The first-order valence-corrected chi connectivity index (χ1v) is 7.08. The average Bonchev–Trinajstić information content (AvgIpc) is 2.90. The largest absolute Gasteiger partial charge is 0.493 e. The third kappa shape index (κ3) is 2.34. The molecule has 108 valence electrons. The molecule has 0 spiro atoms. The van der Waals surface area contributed by atoms with Gasteiger partial charge in [-0.1, -0.05) is 12.8 Å². The lowest BCUT2D eigenvalue weighted by Crippen LogP contribution is -2.22. The van der Waals surface area contributed by atoms with E-state index in [0.29, 0.717) is 18.6 Å². The molecule has 1 saturated carbocycles. The van der Waals surface area contributed by atoms with Crippen molar-refractivity contribution in [1.29, 1.82) is 0 Å². The molecule has 1 aromatic carbocycles. The van der Waals surface area contributed by atoms with E-state index in [0.717, 1.165) is 12.8 Å². The number of hydrogen-bond donors (Lipinski definition) is 0. The van der Waals surface area contributed by atoms with Crippen molar-refractivity contribution >= 4 is 22.0 Å². The molecule has 0 unspecified atom stereocenters. The first kappa shape index (κ1) is 15.0. The van der Waals surface area contributed by atoms with Crippen LogP contribution in [-0.2, 0) is 10.3 Å². The summed E-state index contributed by atoms with van der Waals surface area (Å²) in [6.45, 7) is 0. The minimum Gasteiger partial charge on any atom is -0.493 e. The third-order valence-electron chi connectivity index (χ3n) is 3.72. The summed E-state index contributed by atoms with van der Waals surface area (Å²) < 4.78 is 25.4. The first-order chi connectivity index (χ1) is 9.59. The molecule has 0 radical (unpaired) electrons. The molecule has 0 N–H and O–H groups in total. The van der Waals surface area contributed by atoms with E-state index in [1.807, 2.05) is 0 Å². The van der Waals surface area contributed by atoms with Crippen LogP contribution in [0.25, 0.3) is 0 Å². The van der Waals surface area contributed by atoms with Crippen molar-refractivity contribution in [3.63, 3.8) is 0 Å². The molecule has 20 heavy (non-hydrogen) atoms. The normalized spacial score (nSPS) is 16.6. The summed E-state index contributed by atoms with van der Waals surface area (Å²) in [7, 11) is 2.93. The highest BCUT2D eigenvalue weighted by Crippen LogP contribution is 2.50. The predicted octanol–water partition coefficient (Wildman–Crippen LogP) is 3.71.